The van der Waals surface area contributed by atoms with Crippen molar-refractivity contribution in [1.82, 2.24) is 15.2 Å². The molecule has 2 aromatic rings. The highest BCUT2D eigenvalue weighted by atomic mass is 16.5. The van der Waals surface area contributed by atoms with Gasteiger partial charge in [-0.1, -0.05) is 11.6 Å². The molecule has 0 unspecified atom stereocenters. The molecule has 0 bridgehead atoms. The minimum atomic E-state index is -0.0494. The summed E-state index contributed by atoms with van der Waals surface area (Å²) in [6.07, 6.45) is 0. The lowest BCUT2D eigenvalue weighted by Crippen LogP contribution is -2.41. The number of carbonyl (C=O) groups is 1. The first-order valence-electron chi connectivity index (χ1n) is 8.10. The van der Waals surface area contributed by atoms with Crippen LogP contribution in [-0.2, 0) is 4.74 Å². The van der Waals surface area contributed by atoms with Crippen LogP contribution in [0.1, 0.15) is 21.6 Å². The first-order chi connectivity index (χ1) is 11.1. The molecule has 2 heterocycles. The number of aromatic nitrogens is 1. The van der Waals surface area contributed by atoms with E-state index in [9.17, 15) is 4.79 Å². The number of fused-ring (bicyclic) bond motifs is 1. The van der Waals surface area contributed by atoms with Gasteiger partial charge in [0.25, 0.3) is 5.91 Å². The summed E-state index contributed by atoms with van der Waals surface area (Å²) in [7, 11) is 0. The summed E-state index contributed by atoms with van der Waals surface area (Å²) in [6.45, 7) is 8.86. The Bertz CT molecular complexity index is 709. The normalized spacial score (nSPS) is 15.7. The number of amides is 1. The second kappa shape index (κ2) is 7.06. The van der Waals surface area contributed by atoms with E-state index in [4.69, 9.17) is 4.74 Å². The summed E-state index contributed by atoms with van der Waals surface area (Å²) >= 11 is 0. The molecule has 23 heavy (non-hydrogen) atoms. The number of ether oxygens (including phenoxy) is 1. The Hall–Kier alpha value is -1.98. The predicted octanol–water partition coefficient (Wildman–Crippen LogP) is 1.91. The van der Waals surface area contributed by atoms with Crippen LogP contribution in [0.3, 0.4) is 0 Å². The number of pyridine rings is 1. The Morgan fingerprint density at radius 2 is 2.04 bits per heavy atom. The number of aryl methyl sites for hydroxylation is 2. The van der Waals surface area contributed by atoms with Crippen molar-refractivity contribution in [1.29, 1.82) is 0 Å². The van der Waals surface area contributed by atoms with Gasteiger partial charge in [-0.05, 0) is 32.0 Å². The molecule has 0 spiro atoms. The summed E-state index contributed by atoms with van der Waals surface area (Å²) in [6, 6.07) is 8.04. The number of carbonyl (C=O) groups excluding carboxylic acids is 1. The van der Waals surface area contributed by atoms with E-state index in [1.165, 1.54) is 5.56 Å². The van der Waals surface area contributed by atoms with Crippen LogP contribution in [-0.4, -0.2) is 55.2 Å². The summed E-state index contributed by atoms with van der Waals surface area (Å²) in [5, 5.41) is 4.01. The molecule has 1 aliphatic rings. The average Bonchev–Trinajstić information content (AvgIpc) is 2.55. The van der Waals surface area contributed by atoms with Crippen molar-refractivity contribution in [2.45, 2.75) is 13.8 Å². The number of hydrogen-bond acceptors (Lipinski definition) is 4. The zero-order valence-corrected chi connectivity index (χ0v) is 13.8. The van der Waals surface area contributed by atoms with Gasteiger partial charge in [-0.15, -0.1) is 0 Å². The van der Waals surface area contributed by atoms with E-state index in [1.54, 1.807) is 0 Å². The number of hydrogen-bond donors (Lipinski definition) is 1. The lowest BCUT2D eigenvalue weighted by molar-refractivity contribution is 0.0383. The summed E-state index contributed by atoms with van der Waals surface area (Å²) in [5.74, 6) is -0.0494. The average molecular weight is 313 g/mol. The molecule has 0 aliphatic carbocycles. The molecule has 1 amide bonds. The minimum absolute atomic E-state index is 0.0494. The van der Waals surface area contributed by atoms with Crippen molar-refractivity contribution in [3.63, 3.8) is 0 Å². The van der Waals surface area contributed by atoms with Crippen LogP contribution in [0.25, 0.3) is 10.9 Å². The largest absolute Gasteiger partial charge is 0.379 e. The van der Waals surface area contributed by atoms with Crippen molar-refractivity contribution in [3.8, 4) is 0 Å². The maximum atomic E-state index is 12.4. The third-order valence-corrected chi connectivity index (χ3v) is 4.22. The molecule has 0 saturated carbocycles. The van der Waals surface area contributed by atoms with Crippen molar-refractivity contribution < 1.29 is 9.53 Å². The number of benzene rings is 1. The van der Waals surface area contributed by atoms with E-state index in [0.717, 1.165) is 49.4 Å². The van der Waals surface area contributed by atoms with E-state index in [1.807, 2.05) is 32.0 Å². The Balaban J connectivity index is 1.66. The van der Waals surface area contributed by atoms with Crippen molar-refractivity contribution in [3.05, 3.63) is 41.1 Å². The number of rotatable bonds is 4. The smallest absolute Gasteiger partial charge is 0.253 e. The number of nitrogens with one attached hydrogen (secondary N) is 1. The van der Waals surface area contributed by atoms with Gasteiger partial charge in [-0.25, -0.2) is 0 Å². The Labute approximate surface area is 136 Å². The Morgan fingerprint density at radius 1 is 1.26 bits per heavy atom. The second-order valence-corrected chi connectivity index (χ2v) is 6.03. The first kappa shape index (κ1) is 15.9. The fourth-order valence-electron chi connectivity index (χ4n) is 2.87. The van der Waals surface area contributed by atoms with Crippen LogP contribution < -0.4 is 5.32 Å². The van der Waals surface area contributed by atoms with E-state index in [2.05, 4.69) is 21.3 Å². The van der Waals surface area contributed by atoms with E-state index < -0.39 is 0 Å². The standard InChI is InChI=1S/C18H23N3O2/c1-13-3-4-17-15(11-13)12-16(14(2)20-17)18(22)19-5-6-21-7-9-23-10-8-21/h3-4,11-12H,5-10H2,1-2H3,(H,19,22). The maximum absolute atomic E-state index is 12.4. The molecule has 5 nitrogen and oxygen atoms in total. The van der Waals surface area contributed by atoms with Crippen LogP contribution >= 0.6 is 0 Å². The third-order valence-electron chi connectivity index (χ3n) is 4.22. The molecule has 3 rings (SSSR count). The zero-order chi connectivity index (χ0) is 16.2. The van der Waals surface area contributed by atoms with Gasteiger partial charge in [0.2, 0.25) is 0 Å². The van der Waals surface area contributed by atoms with Crippen molar-refractivity contribution >= 4 is 16.8 Å². The van der Waals surface area contributed by atoms with Gasteiger partial charge in [0, 0.05) is 31.6 Å². The molecule has 0 radical (unpaired) electrons. The fraction of sp³-hybridized carbons (Fsp3) is 0.444. The summed E-state index contributed by atoms with van der Waals surface area (Å²) < 4.78 is 5.33. The van der Waals surface area contributed by atoms with E-state index in [0.29, 0.717) is 12.1 Å². The minimum Gasteiger partial charge on any atom is -0.379 e. The quantitative estimate of drug-likeness (QED) is 0.937. The van der Waals surface area contributed by atoms with Gasteiger partial charge in [-0.3, -0.25) is 14.7 Å². The van der Waals surface area contributed by atoms with Crippen molar-refractivity contribution in [2.24, 2.45) is 0 Å². The van der Waals surface area contributed by atoms with E-state index in [-0.39, 0.29) is 5.91 Å². The van der Waals surface area contributed by atoms with Gasteiger partial charge in [0.1, 0.15) is 0 Å². The van der Waals surface area contributed by atoms with Gasteiger partial charge in [-0.2, -0.15) is 0 Å². The molecule has 1 aromatic carbocycles. The molecule has 0 atom stereocenters. The molecule has 1 N–H and O–H groups in total. The van der Waals surface area contributed by atoms with Gasteiger partial charge < -0.3 is 10.1 Å². The van der Waals surface area contributed by atoms with Gasteiger partial charge in [0.05, 0.1) is 30.0 Å². The lowest BCUT2D eigenvalue weighted by Gasteiger charge is -2.26. The molecular weight excluding hydrogens is 290 g/mol. The van der Waals surface area contributed by atoms with Crippen LogP contribution in [0.2, 0.25) is 0 Å². The highest BCUT2D eigenvalue weighted by molar-refractivity contribution is 5.98. The van der Waals surface area contributed by atoms with Crippen LogP contribution in [0.4, 0.5) is 0 Å². The molecule has 5 heteroatoms. The molecule has 1 aromatic heterocycles. The lowest BCUT2D eigenvalue weighted by atomic mass is 10.1. The first-order valence-corrected chi connectivity index (χ1v) is 8.10. The molecule has 1 saturated heterocycles. The Kier molecular flexibility index (Phi) is 4.88. The van der Waals surface area contributed by atoms with Crippen LogP contribution in [0, 0.1) is 13.8 Å². The summed E-state index contributed by atoms with van der Waals surface area (Å²) in [4.78, 5) is 19.3. The zero-order valence-electron chi connectivity index (χ0n) is 13.8. The highest BCUT2D eigenvalue weighted by Crippen LogP contribution is 2.18. The topological polar surface area (TPSA) is 54.5 Å². The summed E-state index contributed by atoms with van der Waals surface area (Å²) in [5.41, 5.74) is 3.52. The van der Waals surface area contributed by atoms with Gasteiger partial charge >= 0.3 is 0 Å². The maximum Gasteiger partial charge on any atom is 0.253 e. The third kappa shape index (κ3) is 3.86. The number of morpholine rings is 1. The highest BCUT2D eigenvalue weighted by Gasteiger charge is 2.13. The van der Waals surface area contributed by atoms with Crippen molar-refractivity contribution in [2.75, 3.05) is 39.4 Å². The van der Waals surface area contributed by atoms with E-state index >= 15 is 0 Å². The fourth-order valence-corrected chi connectivity index (χ4v) is 2.87. The molecular formula is C18H23N3O2. The Morgan fingerprint density at radius 3 is 2.83 bits per heavy atom. The number of nitrogens with zero attached hydrogens (tertiary/aromatic N) is 2. The molecule has 122 valence electrons. The molecule has 1 fully saturated rings. The van der Waals surface area contributed by atoms with Crippen LogP contribution in [0.5, 0.6) is 0 Å². The second-order valence-electron chi connectivity index (χ2n) is 6.03. The predicted molar refractivity (Wildman–Crippen MR) is 90.8 cm³/mol. The SMILES string of the molecule is Cc1ccc2nc(C)c(C(=O)NCCN3CCOCC3)cc2c1. The molecule has 1 aliphatic heterocycles. The van der Waals surface area contributed by atoms with Gasteiger partial charge in [0.15, 0.2) is 0 Å². The van der Waals surface area contributed by atoms with Crippen LogP contribution in [0.15, 0.2) is 24.3 Å². The monoisotopic (exact) mass is 313 g/mol.